The molecule has 0 saturated carbocycles. The fraction of sp³-hybridized carbons (Fsp3) is 0.214. The third-order valence-electron chi connectivity index (χ3n) is 2.71. The highest BCUT2D eigenvalue weighted by molar-refractivity contribution is 9.11. The fourth-order valence-corrected chi connectivity index (χ4v) is 3.16. The van der Waals surface area contributed by atoms with Crippen molar-refractivity contribution in [2.24, 2.45) is 0 Å². The number of carbonyl (C=O) groups is 1. The Morgan fingerprint density at radius 3 is 2.62 bits per heavy atom. The zero-order valence-electron chi connectivity index (χ0n) is 10.7. The zero-order chi connectivity index (χ0) is 15.5. The van der Waals surface area contributed by atoms with Gasteiger partial charge in [-0.3, -0.25) is 4.79 Å². The molecule has 0 spiro atoms. The summed E-state index contributed by atoms with van der Waals surface area (Å²) >= 11 is 4.81. The molecule has 0 bridgehead atoms. The van der Waals surface area contributed by atoms with Gasteiger partial charge in [0.1, 0.15) is 0 Å². The van der Waals surface area contributed by atoms with E-state index in [1.165, 1.54) is 23.5 Å². The Morgan fingerprint density at radius 1 is 1.24 bits per heavy atom. The molecular formula is C14H11BrF3NOS. The second kappa shape index (κ2) is 6.62. The summed E-state index contributed by atoms with van der Waals surface area (Å²) in [4.78, 5) is 12.7. The van der Waals surface area contributed by atoms with Gasteiger partial charge in [0, 0.05) is 4.88 Å². The molecule has 2 aromatic rings. The minimum atomic E-state index is -4.39. The number of hydrogen-bond acceptors (Lipinski definition) is 2. The molecule has 1 heterocycles. The second-order valence-electron chi connectivity index (χ2n) is 4.36. The van der Waals surface area contributed by atoms with Crippen LogP contribution in [0.5, 0.6) is 0 Å². The number of nitrogens with one attached hydrogen (secondary N) is 1. The molecule has 2 nitrogen and oxygen atoms in total. The van der Waals surface area contributed by atoms with E-state index in [0.29, 0.717) is 12.1 Å². The minimum absolute atomic E-state index is 0.0730. The lowest BCUT2D eigenvalue weighted by Gasteiger charge is -2.09. The molecule has 0 radical (unpaired) electrons. The summed E-state index contributed by atoms with van der Waals surface area (Å²) in [5.74, 6) is -0.307. The third kappa shape index (κ3) is 4.86. The van der Waals surface area contributed by atoms with Gasteiger partial charge < -0.3 is 5.32 Å². The molecule has 1 N–H and O–H groups in total. The van der Waals surface area contributed by atoms with Crippen LogP contribution in [0.15, 0.2) is 40.2 Å². The zero-order valence-corrected chi connectivity index (χ0v) is 13.1. The van der Waals surface area contributed by atoms with Gasteiger partial charge in [0.15, 0.2) is 0 Å². The van der Waals surface area contributed by atoms with Crippen LogP contribution in [-0.2, 0) is 23.9 Å². The van der Waals surface area contributed by atoms with Crippen LogP contribution < -0.4 is 5.32 Å². The highest BCUT2D eigenvalue weighted by atomic mass is 79.9. The summed E-state index contributed by atoms with van der Waals surface area (Å²) in [6.07, 6.45) is -4.47. The maximum absolute atomic E-state index is 12.6. The quantitative estimate of drug-likeness (QED) is 0.840. The molecule has 1 amide bonds. The van der Waals surface area contributed by atoms with Gasteiger partial charge in [-0.2, -0.15) is 13.2 Å². The fourth-order valence-electron chi connectivity index (χ4n) is 1.74. The van der Waals surface area contributed by atoms with E-state index in [2.05, 4.69) is 21.2 Å². The molecule has 0 aliphatic rings. The van der Waals surface area contributed by atoms with E-state index in [1.807, 2.05) is 12.1 Å². The Hall–Kier alpha value is -1.34. The molecule has 0 aliphatic carbocycles. The molecule has 1 aromatic carbocycles. The van der Waals surface area contributed by atoms with E-state index in [0.717, 1.165) is 20.8 Å². The van der Waals surface area contributed by atoms with Gasteiger partial charge >= 0.3 is 6.18 Å². The van der Waals surface area contributed by atoms with Gasteiger partial charge in [0.2, 0.25) is 5.91 Å². The third-order valence-corrected chi connectivity index (χ3v) is 4.33. The molecule has 7 heteroatoms. The highest BCUT2D eigenvalue weighted by Crippen LogP contribution is 2.29. The van der Waals surface area contributed by atoms with E-state index in [9.17, 15) is 18.0 Å². The predicted molar refractivity (Wildman–Crippen MR) is 79.0 cm³/mol. The molecule has 112 valence electrons. The number of amides is 1. The Bertz CT molecular complexity index is 639. The van der Waals surface area contributed by atoms with Crippen molar-refractivity contribution in [2.75, 3.05) is 0 Å². The first-order valence-corrected chi connectivity index (χ1v) is 7.62. The number of hydrogen-bond donors (Lipinski definition) is 1. The van der Waals surface area contributed by atoms with E-state index >= 15 is 0 Å². The van der Waals surface area contributed by atoms with Gasteiger partial charge in [0.25, 0.3) is 0 Å². The average molecular weight is 378 g/mol. The summed E-state index contributed by atoms with van der Waals surface area (Å²) in [5.41, 5.74) is -0.398. The lowest BCUT2D eigenvalue weighted by atomic mass is 10.1. The van der Waals surface area contributed by atoms with Crippen molar-refractivity contribution in [3.63, 3.8) is 0 Å². The molecule has 0 aliphatic heterocycles. The highest BCUT2D eigenvalue weighted by Gasteiger charge is 2.30. The monoisotopic (exact) mass is 377 g/mol. The number of benzene rings is 1. The van der Waals surface area contributed by atoms with Crippen LogP contribution in [0.1, 0.15) is 16.0 Å². The Kier molecular flexibility index (Phi) is 5.05. The van der Waals surface area contributed by atoms with E-state index in [1.54, 1.807) is 0 Å². The van der Waals surface area contributed by atoms with Crippen molar-refractivity contribution in [3.05, 3.63) is 56.2 Å². The molecule has 1 aromatic heterocycles. The Labute approximate surface area is 132 Å². The number of alkyl halides is 3. The lowest BCUT2D eigenvalue weighted by Crippen LogP contribution is -2.24. The van der Waals surface area contributed by atoms with Crippen molar-refractivity contribution < 1.29 is 18.0 Å². The Morgan fingerprint density at radius 2 is 2.00 bits per heavy atom. The first-order valence-electron chi connectivity index (χ1n) is 6.01. The first-order chi connectivity index (χ1) is 9.84. The smallest absolute Gasteiger partial charge is 0.351 e. The van der Waals surface area contributed by atoms with Gasteiger partial charge in [0.05, 0.1) is 22.3 Å². The van der Waals surface area contributed by atoms with Crippen molar-refractivity contribution in [2.45, 2.75) is 19.1 Å². The van der Waals surface area contributed by atoms with Gasteiger partial charge in [-0.15, -0.1) is 11.3 Å². The molecule has 0 saturated heterocycles. The van der Waals surface area contributed by atoms with Crippen LogP contribution in [-0.4, -0.2) is 5.91 Å². The van der Waals surface area contributed by atoms with E-state index in [-0.39, 0.29) is 12.3 Å². The van der Waals surface area contributed by atoms with Crippen LogP contribution in [0.2, 0.25) is 0 Å². The molecule has 21 heavy (non-hydrogen) atoms. The van der Waals surface area contributed by atoms with Gasteiger partial charge in [-0.05, 0) is 39.7 Å². The van der Waals surface area contributed by atoms with Crippen molar-refractivity contribution in [1.29, 1.82) is 0 Å². The van der Waals surface area contributed by atoms with Crippen LogP contribution in [0.3, 0.4) is 0 Å². The largest absolute Gasteiger partial charge is 0.416 e. The van der Waals surface area contributed by atoms with Crippen molar-refractivity contribution in [3.8, 4) is 0 Å². The van der Waals surface area contributed by atoms with Crippen LogP contribution in [0, 0.1) is 0 Å². The standard InChI is InChI=1S/C14H11BrF3NOS/c15-12-5-4-11(21-12)8-19-13(20)7-9-2-1-3-10(6-9)14(16,17)18/h1-6H,7-8H2,(H,19,20). The van der Waals surface area contributed by atoms with Crippen molar-refractivity contribution in [1.82, 2.24) is 5.32 Å². The normalized spacial score (nSPS) is 11.4. The number of rotatable bonds is 4. The number of thiophene rings is 1. The Balaban J connectivity index is 1.93. The number of halogens is 4. The lowest BCUT2D eigenvalue weighted by molar-refractivity contribution is -0.137. The summed E-state index contributed by atoms with van der Waals surface area (Å²) < 4.78 is 38.7. The van der Waals surface area contributed by atoms with Crippen LogP contribution >= 0.6 is 27.3 Å². The topological polar surface area (TPSA) is 29.1 Å². The summed E-state index contributed by atoms with van der Waals surface area (Å²) in [6.45, 7) is 0.369. The SMILES string of the molecule is O=C(Cc1cccc(C(F)(F)F)c1)NCc1ccc(Br)s1. The van der Waals surface area contributed by atoms with E-state index in [4.69, 9.17) is 0 Å². The summed E-state index contributed by atoms with van der Waals surface area (Å²) in [5, 5.41) is 2.69. The maximum atomic E-state index is 12.6. The van der Waals surface area contributed by atoms with Crippen LogP contribution in [0.25, 0.3) is 0 Å². The first kappa shape index (κ1) is 16.0. The predicted octanol–water partition coefficient (Wildman–Crippen LogP) is 4.39. The molecular weight excluding hydrogens is 367 g/mol. The van der Waals surface area contributed by atoms with Gasteiger partial charge in [-0.1, -0.05) is 18.2 Å². The van der Waals surface area contributed by atoms with E-state index < -0.39 is 11.7 Å². The van der Waals surface area contributed by atoms with Gasteiger partial charge in [-0.25, -0.2) is 0 Å². The molecule has 2 rings (SSSR count). The van der Waals surface area contributed by atoms with Crippen molar-refractivity contribution >= 4 is 33.2 Å². The average Bonchev–Trinajstić information content (AvgIpc) is 2.82. The summed E-state index contributed by atoms with van der Waals surface area (Å²) in [7, 11) is 0. The van der Waals surface area contributed by atoms with Crippen LogP contribution in [0.4, 0.5) is 13.2 Å². The second-order valence-corrected chi connectivity index (χ2v) is 6.91. The summed E-state index contributed by atoms with van der Waals surface area (Å²) in [6, 6.07) is 8.56. The maximum Gasteiger partial charge on any atom is 0.416 e. The minimum Gasteiger partial charge on any atom is -0.351 e. The molecule has 0 atom stereocenters. The number of carbonyl (C=O) groups excluding carboxylic acids is 1. The molecule has 0 unspecified atom stereocenters. The molecule has 0 fully saturated rings.